The third-order valence-electron chi connectivity index (χ3n) is 4.25. The Hall–Kier alpha value is -3.27. The Labute approximate surface area is 144 Å². The Morgan fingerprint density at radius 2 is 2.00 bits per heavy atom. The number of carbonyl (C=O) groups excluding carboxylic acids is 1. The van der Waals surface area contributed by atoms with Gasteiger partial charge in [-0.2, -0.15) is 5.26 Å². The highest BCUT2D eigenvalue weighted by atomic mass is 16.5. The number of amides is 1. The van der Waals surface area contributed by atoms with Gasteiger partial charge in [0.05, 0.1) is 14.2 Å². The van der Waals surface area contributed by atoms with Gasteiger partial charge in [-0.1, -0.05) is 0 Å². The van der Waals surface area contributed by atoms with Gasteiger partial charge in [0, 0.05) is 30.8 Å². The lowest BCUT2D eigenvalue weighted by Gasteiger charge is -2.28. The molecular formula is C18H17N3O4. The summed E-state index contributed by atoms with van der Waals surface area (Å²) in [6.07, 6.45) is 0.537. The van der Waals surface area contributed by atoms with E-state index in [2.05, 4.69) is 4.98 Å². The summed E-state index contributed by atoms with van der Waals surface area (Å²) in [6, 6.07) is 8.45. The number of aromatic nitrogens is 1. The number of nitrogens with one attached hydrogen (secondary N) is 1. The first-order valence-corrected chi connectivity index (χ1v) is 7.74. The van der Waals surface area contributed by atoms with Crippen molar-refractivity contribution < 1.29 is 14.3 Å². The molecule has 128 valence electrons. The number of nitriles is 1. The molecule has 0 unspecified atom stereocenters. The van der Waals surface area contributed by atoms with E-state index in [0.29, 0.717) is 36.6 Å². The van der Waals surface area contributed by atoms with Crippen molar-refractivity contribution in [1.82, 2.24) is 9.88 Å². The number of H-pyrrole nitrogens is 1. The molecule has 1 aliphatic rings. The highest BCUT2D eigenvalue weighted by Crippen LogP contribution is 2.28. The number of hydrogen-bond acceptors (Lipinski definition) is 5. The molecule has 1 aromatic carbocycles. The van der Waals surface area contributed by atoms with Crippen LogP contribution in [0.25, 0.3) is 0 Å². The molecule has 2 heterocycles. The lowest BCUT2D eigenvalue weighted by Crippen LogP contribution is -2.37. The average molecular weight is 339 g/mol. The number of hydrogen-bond donors (Lipinski definition) is 1. The quantitative estimate of drug-likeness (QED) is 0.913. The maximum Gasteiger partial charge on any atom is 0.266 e. The number of benzene rings is 1. The molecule has 1 amide bonds. The third kappa shape index (κ3) is 3.06. The molecule has 3 rings (SSSR count). The molecule has 0 radical (unpaired) electrons. The van der Waals surface area contributed by atoms with Crippen LogP contribution in [-0.2, 0) is 13.0 Å². The minimum absolute atomic E-state index is 0.0548. The van der Waals surface area contributed by atoms with Gasteiger partial charge in [0.25, 0.3) is 11.5 Å². The van der Waals surface area contributed by atoms with Crippen molar-refractivity contribution in [3.63, 3.8) is 0 Å². The van der Waals surface area contributed by atoms with Gasteiger partial charge in [0.2, 0.25) is 0 Å². The van der Waals surface area contributed by atoms with Crippen molar-refractivity contribution in [2.75, 3.05) is 20.8 Å². The predicted molar refractivity (Wildman–Crippen MR) is 89.8 cm³/mol. The first-order valence-electron chi connectivity index (χ1n) is 7.74. The van der Waals surface area contributed by atoms with Crippen LogP contribution in [0.4, 0.5) is 0 Å². The van der Waals surface area contributed by atoms with E-state index in [1.807, 2.05) is 6.07 Å². The van der Waals surface area contributed by atoms with E-state index in [4.69, 9.17) is 14.7 Å². The van der Waals surface area contributed by atoms with Crippen molar-refractivity contribution in [2.45, 2.75) is 13.0 Å². The molecule has 25 heavy (non-hydrogen) atoms. The molecule has 2 aromatic rings. The van der Waals surface area contributed by atoms with E-state index in [1.165, 1.54) is 14.2 Å². The van der Waals surface area contributed by atoms with Crippen molar-refractivity contribution in [2.24, 2.45) is 0 Å². The Kier molecular flexibility index (Phi) is 4.44. The second kappa shape index (κ2) is 6.69. The van der Waals surface area contributed by atoms with Crippen LogP contribution in [-0.4, -0.2) is 36.6 Å². The van der Waals surface area contributed by atoms with E-state index in [1.54, 1.807) is 29.2 Å². The first-order chi connectivity index (χ1) is 12.1. The molecule has 0 atom stereocenters. The highest BCUT2D eigenvalue weighted by Gasteiger charge is 2.24. The maximum atomic E-state index is 12.8. The van der Waals surface area contributed by atoms with Gasteiger partial charge in [-0.3, -0.25) is 9.59 Å². The van der Waals surface area contributed by atoms with E-state index >= 15 is 0 Å². The molecule has 0 saturated heterocycles. The number of nitrogens with zero attached hydrogens (tertiary/aromatic N) is 2. The van der Waals surface area contributed by atoms with Gasteiger partial charge in [-0.15, -0.1) is 0 Å². The fraction of sp³-hybridized carbons (Fsp3) is 0.278. The summed E-state index contributed by atoms with van der Waals surface area (Å²) in [5, 5.41) is 9.00. The maximum absolute atomic E-state index is 12.8. The van der Waals surface area contributed by atoms with Crippen LogP contribution < -0.4 is 15.0 Å². The van der Waals surface area contributed by atoms with Crippen LogP contribution in [0.1, 0.15) is 27.2 Å². The fourth-order valence-electron chi connectivity index (χ4n) is 2.92. The molecule has 0 bridgehead atoms. The molecule has 0 fully saturated rings. The van der Waals surface area contributed by atoms with Gasteiger partial charge < -0.3 is 19.4 Å². The number of pyridine rings is 1. The van der Waals surface area contributed by atoms with Gasteiger partial charge >= 0.3 is 0 Å². The summed E-state index contributed by atoms with van der Waals surface area (Å²) in [7, 11) is 3.05. The second-order valence-corrected chi connectivity index (χ2v) is 5.67. The normalized spacial score (nSPS) is 12.9. The molecule has 0 spiro atoms. The second-order valence-electron chi connectivity index (χ2n) is 5.67. The molecule has 7 heteroatoms. The van der Waals surface area contributed by atoms with Crippen molar-refractivity contribution >= 4 is 5.91 Å². The molecule has 0 aliphatic carbocycles. The molecule has 1 aromatic heterocycles. The zero-order chi connectivity index (χ0) is 18.0. The monoisotopic (exact) mass is 339 g/mol. The van der Waals surface area contributed by atoms with Crippen LogP contribution in [0.2, 0.25) is 0 Å². The standard InChI is InChI=1S/C18H17N3O4/c1-24-15-4-3-11(8-16(15)25-2)18(23)21-6-5-14-13(10-21)7-12(9-19)17(22)20-14/h3-4,7-8H,5-6,10H2,1-2H3,(H,20,22). The predicted octanol–water partition coefficient (Wildman–Crippen LogP) is 1.46. The van der Waals surface area contributed by atoms with Gasteiger partial charge in [0.1, 0.15) is 11.6 Å². The highest BCUT2D eigenvalue weighted by molar-refractivity contribution is 5.95. The van der Waals surface area contributed by atoms with Crippen LogP contribution in [0.5, 0.6) is 11.5 Å². The Morgan fingerprint density at radius 1 is 1.24 bits per heavy atom. The van der Waals surface area contributed by atoms with E-state index in [0.717, 1.165) is 11.3 Å². The third-order valence-corrected chi connectivity index (χ3v) is 4.25. The van der Waals surface area contributed by atoms with Gasteiger partial charge in [-0.05, 0) is 29.8 Å². The number of carbonyl (C=O) groups is 1. The molecule has 0 saturated carbocycles. The summed E-state index contributed by atoms with van der Waals surface area (Å²) < 4.78 is 10.4. The lowest BCUT2D eigenvalue weighted by atomic mass is 10.0. The minimum atomic E-state index is -0.388. The zero-order valence-corrected chi connectivity index (χ0v) is 14.0. The fourth-order valence-corrected chi connectivity index (χ4v) is 2.92. The van der Waals surface area contributed by atoms with Crippen LogP contribution in [0, 0.1) is 11.3 Å². The zero-order valence-electron chi connectivity index (χ0n) is 14.0. The van der Waals surface area contributed by atoms with Crippen LogP contribution in [0.3, 0.4) is 0 Å². The first kappa shape index (κ1) is 16.6. The van der Waals surface area contributed by atoms with Crippen LogP contribution in [0.15, 0.2) is 29.1 Å². The molecule has 7 nitrogen and oxygen atoms in total. The van der Waals surface area contributed by atoms with Gasteiger partial charge in [-0.25, -0.2) is 0 Å². The Morgan fingerprint density at radius 3 is 2.68 bits per heavy atom. The van der Waals surface area contributed by atoms with E-state index in [9.17, 15) is 9.59 Å². The van der Waals surface area contributed by atoms with E-state index in [-0.39, 0.29) is 17.0 Å². The number of rotatable bonds is 3. The van der Waals surface area contributed by atoms with Crippen molar-refractivity contribution in [3.05, 3.63) is 57.0 Å². The number of ether oxygens (including phenoxy) is 2. The number of aromatic amines is 1. The summed E-state index contributed by atoms with van der Waals surface area (Å²) >= 11 is 0. The summed E-state index contributed by atoms with van der Waals surface area (Å²) in [5.74, 6) is 0.900. The summed E-state index contributed by atoms with van der Waals surface area (Å²) in [6.45, 7) is 0.829. The number of methoxy groups -OCH3 is 2. The van der Waals surface area contributed by atoms with Crippen molar-refractivity contribution in [1.29, 1.82) is 5.26 Å². The Bertz CT molecular complexity index is 927. The van der Waals surface area contributed by atoms with E-state index < -0.39 is 0 Å². The molecule has 1 aliphatic heterocycles. The summed E-state index contributed by atoms with van der Waals surface area (Å²) in [4.78, 5) is 28.9. The largest absolute Gasteiger partial charge is 0.493 e. The molecular weight excluding hydrogens is 322 g/mol. The summed E-state index contributed by atoms with van der Waals surface area (Å²) in [5.41, 5.74) is 1.72. The minimum Gasteiger partial charge on any atom is -0.493 e. The topological polar surface area (TPSA) is 95.4 Å². The SMILES string of the molecule is COc1ccc(C(=O)N2CCc3[nH]c(=O)c(C#N)cc3C2)cc1OC. The average Bonchev–Trinajstić information content (AvgIpc) is 2.65. The van der Waals surface area contributed by atoms with Crippen molar-refractivity contribution in [3.8, 4) is 17.6 Å². The van der Waals surface area contributed by atoms with Crippen LogP contribution >= 0.6 is 0 Å². The smallest absolute Gasteiger partial charge is 0.266 e. The Balaban J connectivity index is 1.88. The lowest BCUT2D eigenvalue weighted by molar-refractivity contribution is 0.0733. The molecule has 1 N–H and O–H groups in total. The number of fused-ring (bicyclic) bond motifs is 1. The van der Waals surface area contributed by atoms with Gasteiger partial charge in [0.15, 0.2) is 11.5 Å².